The molecule has 1 aromatic carbocycles. The van der Waals surface area contributed by atoms with E-state index in [1.807, 2.05) is 30.7 Å². The Hall–Kier alpha value is -2.50. The third-order valence-electron chi connectivity index (χ3n) is 6.85. The van der Waals surface area contributed by atoms with Gasteiger partial charge in [-0.25, -0.2) is 0 Å². The standard InChI is InChI=1S/C24H37N3OS.C9H14/c1-21(27(29(3,4)5)18-14-23-12-8-6-9-13-23)24(22(2)28)20-25-15-19-26-16-10-7-11-17-26;1-2-6-9-7-4-3-5-8-9/h6,8-9,12-13,20,25H,1,3-4,7,10-11,14-19H2,2,5H3;4,7-8H,2-3,5-6H2,1H3/b24-20-;. The number of hydrogen-bond donors (Lipinski definition) is 1. The highest BCUT2D eigenvalue weighted by atomic mass is 32.2. The van der Waals surface area contributed by atoms with E-state index in [1.165, 1.54) is 69.2 Å². The molecule has 0 amide bonds. The Balaban J connectivity index is 0.000000474. The van der Waals surface area contributed by atoms with Gasteiger partial charge in [-0.1, -0.05) is 92.2 Å². The molecule has 1 aliphatic carbocycles. The van der Waals surface area contributed by atoms with Gasteiger partial charge < -0.3 is 14.5 Å². The minimum atomic E-state index is -1.56. The SMILES string of the molecule is C=C(/C(=C/NCCN1CCCCC1)C(C)=O)N(CCc1ccccc1)S(=C)(=C)C.CCCC1=CCCC=C1. The molecule has 1 fully saturated rings. The zero-order chi connectivity index (χ0) is 27.8. The number of rotatable bonds is 13. The molecule has 1 aliphatic heterocycles. The van der Waals surface area contributed by atoms with Gasteiger partial charge in [0, 0.05) is 25.8 Å². The van der Waals surface area contributed by atoms with Crippen LogP contribution in [0, 0.1) is 0 Å². The summed E-state index contributed by atoms with van der Waals surface area (Å²) in [7, 11) is -1.56. The summed E-state index contributed by atoms with van der Waals surface area (Å²) in [6.45, 7) is 13.0. The van der Waals surface area contributed by atoms with Crippen molar-refractivity contribution in [3.63, 3.8) is 0 Å². The Bertz CT molecular complexity index is 1060. The van der Waals surface area contributed by atoms with Gasteiger partial charge in [-0.15, -0.1) is 9.39 Å². The first-order valence-corrected chi connectivity index (χ1v) is 16.5. The van der Waals surface area contributed by atoms with Gasteiger partial charge in [0.1, 0.15) is 0 Å². The van der Waals surface area contributed by atoms with E-state index in [0.717, 1.165) is 26.1 Å². The van der Waals surface area contributed by atoms with Crippen LogP contribution in [0.2, 0.25) is 0 Å². The number of carbonyl (C=O) groups excluding carboxylic acids is 1. The number of nitrogens with one attached hydrogen (secondary N) is 1. The zero-order valence-electron chi connectivity index (χ0n) is 24.2. The topological polar surface area (TPSA) is 35.6 Å². The zero-order valence-corrected chi connectivity index (χ0v) is 25.0. The second-order valence-corrected chi connectivity index (χ2v) is 13.4. The molecule has 1 saturated heterocycles. The van der Waals surface area contributed by atoms with Crippen LogP contribution in [0.25, 0.3) is 0 Å². The molecular weight excluding hydrogens is 486 g/mol. The van der Waals surface area contributed by atoms with Gasteiger partial charge in [-0.05, 0) is 70.4 Å². The minimum Gasteiger partial charge on any atom is -0.389 e. The van der Waals surface area contributed by atoms with Crippen molar-refractivity contribution in [2.24, 2.45) is 0 Å². The van der Waals surface area contributed by atoms with Crippen LogP contribution in [0.15, 0.2) is 78.2 Å². The molecule has 0 bridgehead atoms. The van der Waals surface area contributed by atoms with Crippen LogP contribution >= 0.6 is 9.39 Å². The van der Waals surface area contributed by atoms with E-state index in [-0.39, 0.29) is 5.78 Å². The molecule has 5 heteroatoms. The molecule has 0 atom stereocenters. The molecular formula is C33H51N3OS. The normalized spacial score (nSPS) is 16.2. The quantitative estimate of drug-likeness (QED) is 0.129. The van der Waals surface area contributed by atoms with E-state index in [9.17, 15) is 4.79 Å². The third kappa shape index (κ3) is 11.9. The van der Waals surface area contributed by atoms with Crippen LogP contribution in [0.3, 0.4) is 0 Å². The molecule has 0 saturated carbocycles. The molecule has 2 aliphatic rings. The largest absolute Gasteiger partial charge is 0.389 e. The van der Waals surface area contributed by atoms with Crippen molar-refractivity contribution in [3.05, 3.63) is 83.7 Å². The van der Waals surface area contributed by atoms with Gasteiger partial charge in [-0.2, -0.15) is 0 Å². The van der Waals surface area contributed by atoms with Crippen molar-refractivity contribution in [1.29, 1.82) is 0 Å². The molecule has 0 spiro atoms. The van der Waals surface area contributed by atoms with E-state index in [2.05, 4.69) is 70.1 Å². The van der Waals surface area contributed by atoms with E-state index < -0.39 is 9.39 Å². The number of allylic oxidation sites excluding steroid dienone is 5. The highest BCUT2D eigenvalue weighted by Crippen LogP contribution is 2.30. The average molecular weight is 538 g/mol. The number of piperidine rings is 1. The fraction of sp³-hybridized carbons (Fsp3) is 0.485. The summed E-state index contributed by atoms with van der Waals surface area (Å²) in [5.41, 5.74) is 4.11. The Morgan fingerprint density at radius 2 is 1.82 bits per heavy atom. The van der Waals surface area contributed by atoms with Gasteiger partial charge in [-0.3, -0.25) is 4.79 Å². The highest BCUT2D eigenvalue weighted by molar-refractivity contribution is 8.25. The average Bonchev–Trinajstić information content (AvgIpc) is 2.90. The molecule has 0 unspecified atom stereocenters. The molecule has 1 N–H and O–H groups in total. The summed E-state index contributed by atoms with van der Waals surface area (Å²) in [4.78, 5) is 14.8. The maximum Gasteiger partial charge on any atom is 0.163 e. The highest BCUT2D eigenvalue weighted by Gasteiger charge is 2.18. The summed E-state index contributed by atoms with van der Waals surface area (Å²) in [6, 6.07) is 10.3. The lowest BCUT2D eigenvalue weighted by Gasteiger charge is -2.33. The van der Waals surface area contributed by atoms with E-state index in [1.54, 1.807) is 6.92 Å². The second-order valence-electron chi connectivity index (χ2n) is 10.5. The molecule has 210 valence electrons. The first kappa shape index (κ1) is 31.7. The number of likely N-dealkylation sites (tertiary alicyclic amines) is 1. The summed E-state index contributed by atoms with van der Waals surface area (Å²) >= 11 is 0. The molecule has 3 rings (SSSR count). The summed E-state index contributed by atoms with van der Waals surface area (Å²) in [6.07, 6.45) is 20.6. The number of hydrogen-bond acceptors (Lipinski definition) is 4. The van der Waals surface area contributed by atoms with Crippen molar-refractivity contribution < 1.29 is 4.79 Å². The Labute approximate surface area is 233 Å². The Morgan fingerprint density at radius 1 is 1.11 bits per heavy atom. The van der Waals surface area contributed by atoms with Crippen molar-refractivity contribution >= 4 is 26.9 Å². The maximum atomic E-state index is 12.3. The fourth-order valence-corrected chi connectivity index (χ4v) is 5.90. The smallest absolute Gasteiger partial charge is 0.163 e. The van der Waals surface area contributed by atoms with Crippen molar-refractivity contribution in [2.45, 2.75) is 65.2 Å². The van der Waals surface area contributed by atoms with Crippen molar-refractivity contribution in [2.75, 3.05) is 39.0 Å². The minimum absolute atomic E-state index is 0.00818. The van der Waals surface area contributed by atoms with Gasteiger partial charge in [0.25, 0.3) is 0 Å². The van der Waals surface area contributed by atoms with Gasteiger partial charge >= 0.3 is 0 Å². The fourth-order valence-electron chi connectivity index (χ4n) is 4.74. The summed E-state index contributed by atoms with van der Waals surface area (Å²) in [5.74, 6) is 8.56. The molecule has 1 aromatic rings. The van der Waals surface area contributed by atoms with Crippen LogP contribution in [0.1, 0.15) is 64.4 Å². The first-order chi connectivity index (χ1) is 18.2. The van der Waals surface area contributed by atoms with Crippen LogP contribution in [0.5, 0.6) is 0 Å². The Kier molecular flexibility index (Phi) is 14.3. The lowest BCUT2D eigenvalue weighted by molar-refractivity contribution is -0.113. The first-order valence-electron chi connectivity index (χ1n) is 14.2. The number of nitrogens with zero attached hydrogens (tertiary/aromatic N) is 2. The monoisotopic (exact) mass is 537 g/mol. The number of Topliss-reactive ketones (excluding diaryl/α,β-unsaturated/α-hetero) is 1. The van der Waals surface area contributed by atoms with E-state index in [4.69, 9.17) is 0 Å². The van der Waals surface area contributed by atoms with Crippen LogP contribution in [-0.4, -0.2) is 65.7 Å². The van der Waals surface area contributed by atoms with Gasteiger partial charge in [0.2, 0.25) is 0 Å². The second kappa shape index (κ2) is 17.2. The predicted octanol–water partition coefficient (Wildman–Crippen LogP) is 6.87. The number of ketones is 1. The summed E-state index contributed by atoms with van der Waals surface area (Å²) in [5, 5.41) is 3.33. The Morgan fingerprint density at radius 3 is 2.39 bits per heavy atom. The number of carbonyl (C=O) groups is 1. The van der Waals surface area contributed by atoms with Crippen LogP contribution in [-0.2, 0) is 11.2 Å². The van der Waals surface area contributed by atoms with Crippen molar-refractivity contribution in [1.82, 2.24) is 14.5 Å². The molecule has 1 heterocycles. The third-order valence-corrected chi connectivity index (χ3v) is 8.31. The van der Waals surface area contributed by atoms with Gasteiger partial charge in [0.05, 0.1) is 11.3 Å². The molecule has 0 radical (unpaired) electrons. The predicted molar refractivity (Wildman–Crippen MR) is 172 cm³/mol. The van der Waals surface area contributed by atoms with Gasteiger partial charge in [0.15, 0.2) is 5.78 Å². The lowest BCUT2D eigenvalue weighted by atomic mass is 10.0. The van der Waals surface area contributed by atoms with Crippen molar-refractivity contribution in [3.8, 4) is 0 Å². The van der Waals surface area contributed by atoms with E-state index in [0.29, 0.717) is 11.3 Å². The lowest BCUT2D eigenvalue weighted by Crippen LogP contribution is -2.35. The molecule has 38 heavy (non-hydrogen) atoms. The van der Waals surface area contributed by atoms with Crippen LogP contribution in [0.4, 0.5) is 0 Å². The molecule has 0 aromatic heterocycles. The van der Waals surface area contributed by atoms with Crippen LogP contribution < -0.4 is 5.32 Å². The van der Waals surface area contributed by atoms with E-state index >= 15 is 0 Å². The molecule has 4 nitrogen and oxygen atoms in total. The summed E-state index contributed by atoms with van der Waals surface area (Å²) < 4.78 is 2.11. The number of benzene rings is 1. The maximum absolute atomic E-state index is 12.3.